The Kier molecular flexibility index (Phi) is 4.25. The second-order valence-corrected chi connectivity index (χ2v) is 5.06. The van der Waals surface area contributed by atoms with Gasteiger partial charge in [-0.25, -0.2) is 0 Å². The summed E-state index contributed by atoms with van der Waals surface area (Å²) >= 11 is 0. The van der Waals surface area contributed by atoms with Crippen LogP contribution in [0.1, 0.15) is 38.4 Å². The van der Waals surface area contributed by atoms with E-state index < -0.39 is 0 Å². The fraction of sp³-hybridized carbons (Fsp3) is 0.600. The number of ether oxygens (including phenoxy) is 1. The zero-order valence-electron chi connectivity index (χ0n) is 11.5. The molecule has 1 N–H and O–H groups in total. The largest absolute Gasteiger partial charge is 0.388 e. The van der Waals surface area contributed by atoms with Crippen molar-refractivity contribution >= 4 is 5.69 Å². The number of benzene rings is 1. The van der Waals surface area contributed by atoms with E-state index in [1.54, 1.807) is 0 Å². The Morgan fingerprint density at radius 2 is 2.06 bits per heavy atom. The summed E-state index contributed by atoms with van der Waals surface area (Å²) in [5, 5.41) is 9.78. The zero-order chi connectivity index (χ0) is 13.1. The number of hydrogen-bond acceptors (Lipinski definition) is 3. The maximum absolute atomic E-state index is 9.78. The first-order valence-corrected chi connectivity index (χ1v) is 6.76. The van der Waals surface area contributed by atoms with Crippen LogP contribution in [0.3, 0.4) is 0 Å². The zero-order valence-corrected chi connectivity index (χ0v) is 11.5. The smallest absolute Gasteiger partial charge is 0.0787 e. The van der Waals surface area contributed by atoms with Crippen LogP contribution in [0.4, 0.5) is 5.69 Å². The number of likely N-dealkylation sites (N-methyl/N-ethyl adjacent to an activating group) is 1. The van der Waals surface area contributed by atoms with Gasteiger partial charge in [-0.3, -0.25) is 0 Å². The van der Waals surface area contributed by atoms with Crippen LogP contribution in [-0.2, 0) is 4.74 Å². The van der Waals surface area contributed by atoms with Gasteiger partial charge in [-0.2, -0.15) is 0 Å². The predicted octanol–water partition coefficient (Wildman–Crippen LogP) is 2.74. The predicted molar refractivity (Wildman–Crippen MR) is 73.9 cm³/mol. The molecule has 3 heteroatoms. The average Bonchev–Trinajstić information content (AvgIpc) is 2.83. The lowest BCUT2D eigenvalue weighted by molar-refractivity contribution is 0.118. The van der Waals surface area contributed by atoms with Crippen molar-refractivity contribution in [1.82, 2.24) is 0 Å². The van der Waals surface area contributed by atoms with Gasteiger partial charge in [0.1, 0.15) is 0 Å². The Morgan fingerprint density at radius 3 is 2.56 bits per heavy atom. The highest BCUT2D eigenvalue weighted by molar-refractivity contribution is 5.48. The van der Waals surface area contributed by atoms with Gasteiger partial charge in [0.05, 0.1) is 18.2 Å². The second-order valence-electron chi connectivity index (χ2n) is 5.06. The van der Waals surface area contributed by atoms with E-state index in [1.165, 1.54) is 5.69 Å². The second kappa shape index (κ2) is 5.72. The number of rotatable bonds is 4. The summed E-state index contributed by atoms with van der Waals surface area (Å²) in [6.45, 7) is 4.97. The Balaban J connectivity index is 2.09. The Bertz CT molecular complexity index is 377. The van der Waals surface area contributed by atoms with Crippen LogP contribution in [0.5, 0.6) is 0 Å². The van der Waals surface area contributed by atoms with Crippen LogP contribution >= 0.6 is 0 Å². The fourth-order valence-electron chi connectivity index (χ4n) is 2.59. The molecule has 0 radical (unpaired) electrons. The maximum atomic E-state index is 9.78. The van der Waals surface area contributed by atoms with E-state index >= 15 is 0 Å². The highest BCUT2D eigenvalue weighted by Crippen LogP contribution is 2.26. The molecule has 0 aliphatic carbocycles. The molecule has 0 spiro atoms. The van der Waals surface area contributed by atoms with E-state index in [9.17, 15) is 5.11 Å². The van der Waals surface area contributed by atoms with Crippen molar-refractivity contribution in [3.05, 3.63) is 29.8 Å². The topological polar surface area (TPSA) is 32.7 Å². The normalized spacial score (nSPS) is 25.1. The summed E-state index contributed by atoms with van der Waals surface area (Å²) in [6, 6.07) is 8.64. The first-order chi connectivity index (χ1) is 8.63. The summed E-state index contributed by atoms with van der Waals surface area (Å²) in [6.07, 6.45) is 1.77. The molecular weight excluding hydrogens is 226 g/mol. The molecule has 3 unspecified atom stereocenters. The first-order valence-electron chi connectivity index (χ1n) is 6.76. The third-order valence-electron chi connectivity index (χ3n) is 3.91. The minimum absolute atomic E-state index is 0.288. The fourth-order valence-corrected chi connectivity index (χ4v) is 2.59. The Hall–Kier alpha value is -1.06. The van der Waals surface area contributed by atoms with E-state index in [4.69, 9.17) is 4.74 Å². The van der Waals surface area contributed by atoms with Crippen LogP contribution in [0, 0.1) is 0 Å². The Morgan fingerprint density at radius 1 is 1.39 bits per heavy atom. The average molecular weight is 249 g/mol. The van der Waals surface area contributed by atoms with Crippen LogP contribution in [0.15, 0.2) is 24.3 Å². The molecule has 3 atom stereocenters. The number of hydrogen-bond donors (Lipinski definition) is 1. The number of anilines is 1. The molecule has 1 aliphatic heterocycles. The van der Waals surface area contributed by atoms with Crippen LogP contribution < -0.4 is 4.90 Å². The van der Waals surface area contributed by atoms with Crippen molar-refractivity contribution in [2.24, 2.45) is 0 Å². The lowest BCUT2D eigenvalue weighted by atomic mass is 10.1. The standard InChI is InChI=1S/C15H23NO2/c1-4-15(17)12-5-7-13(8-6-12)16(3)14-9-10-18-11(14)2/h5-8,11,14-15,17H,4,9-10H2,1-3H3. The van der Waals surface area contributed by atoms with Crippen molar-refractivity contribution < 1.29 is 9.84 Å². The van der Waals surface area contributed by atoms with Gasteiger partial charge in [0, 0.05) is 19.3 Å². The number of aliphatic hydroxyl groups is 1. The highest BCUT2D eigenvalue weighted by Gasteiger charge is 2.27. The van der Waals surface area contributed by atoms with Crippen molar-refractivity contribution in [2.45, 2.75) is 44.9 Å². The van der Waals surface area contributed by atoms with Gasteiger partial charge in [0.25, 0.3) is 0 Å². The summed E-state index contributed by atoms with van der Waals surface area (Å²) in [5.74, 6) is 0. The van der Waals surface area contributed by atoms with Gasteiger partial charge in [0.2, 0.25) is 0 Å². The molecule has 0 amide bonds. The van der Waals surface area contributed by atoms with Crippen LogP contribution in [0.25, 0.3) is 0 Å². The van der Waals surface area contributed by atoms with Gasteiger partial charge in [-0.05, 0) is 37.5 Å². The van der Waals surface area contributed by atoms with Gasteiger partial charge in [0.15, 0.2) is 0 Å². The molecule has 0 bridgehead atoms. The van der Waals surface area contributed by atoms with Crippen LogP contribution in [-0.4, -0.2) is 30.9 Å². The lowest BCUT2D eigenvalue weighted by Crippen LogP contribution is -2.36. The van der Waals surface area contributed by atoms with E-state index in [2.05, 4.69) is 31.0 Å². The van der Waals surface area contributed by atoms with Crippen LogP contribution in [0.2, 0.25) is 0 Å². The van der Waals surface area contributed by atoms with E-state index in [1.807, 2.05) is 19.1 Å². The molecule has 100 valence electrons. The van der Waals surface area contributed by atoms with E-state index in [-0.39, 0.29) is 12.2 Å². The molecule has 3 nitrogen and oxygen atoms in total. The molecule has 1 heterocycles. The molecule has 1 saturated heterocycles. The van der Waals surface area contributed by atoms with Crippen molar-refractivity contribution in [3.63, 3.8) is 0 Å². The first kappa shape index (κ1) is 13.4. The van der Waals surface area contributed by atoms with Crippen molar-refractivity contribution in [3.8, 4) is 0 Å². The van der Waals surface area contributed by atoms with Gasteiger partial charge < -0.3 is 14.7 Å². The lowest BCUT2D eigenvalue weighted by Gasteiger charge is -2.29. The van der Waals surface area contributed by atoms with Crippen molar-refractivity contribution in [2.75, 3.05) is 18.6 Å². The minimum Gasteiger partial charge on any atom is -0.388 e. The van der Waals surface area contributed by atoms with Crippen molar-refractivity contribution in [1.29, 1.82) is 0 Å². The summed E-state index contributed by atoms with van der Waals surface area (Å²) in [4.78, 5) is 2.28. The minimum atomic E-state index is -0.349. The molecule has 0 saturated carbocycles. The maximum Gasteiger partial charge on any atom is 0.0787 e. The van der Waals surface area contributed by atoms with Gasteiger partial charge in [-0.1, -0.05) is 19.1 Å². The van der Waals surface area contributed by atoms with E-state index in [0.29, 0.717) is 6.04 Å². The molecule has 18 heavy (non-hydrogen) atoms. The molecule has 0 aromatic heterocycles. The Labute approximate surface area is 109 Å². The third kappa shape index (κ3) is 2.68. The summed E-state index contributed by atoms with van der Waals surface area (Å²) < 4.78 is 5.61. The highest BCUT2D eigenvalue weighted by atomic mass is 16.5. The number of aliphatic hydroxyl groups excluding tert-OH is 1. The van der Waals surface area contributed by atoms with E-state index in [0.717, 1.165) is 25.0 Å². The molecular formula is C15H23NO2. The molecule has 1 aromatic rings. The van der Waals surface area contributed by atoms with Gasteiger partial charge in [-0.15, -0.1) is 0 Å². The summed E-state index contributed by atoms with van der Waals surface area (Å²) in [7, 11) is 2.11. The summed E-state index contributed by atoms with van der Waals surface area (Å²) in [5.41, 5.74) is 2.18. The number of nitrogens with zero attached hydrogens (tertiary/aromatic N) is 1. The SMILES string of the molecule is CCC(O)c1ccc(N(C)C2CCOC2C)cc1. The third-order valence-corrected chi connectivity index (χ3v) is 3.91. The molecule has 1 aliphatic rings. The monoisotopic (exact) mass is 249 g/mol. The van der Waals surface area contributed by atoms with Gasteiger partial charge >= 0.3 is 0 Å². The molecule has 2 rings (SSSR count). The quantitative estimate of drug-likeness (QED) is 0.890. The molecule has 1 aromatic carbocycles. The molecule has 1 fully saturated rings.